The fraction of sp³-hybridized carbons (Fsp3) is 0.600. The molecule has 2 rings (SSSR count). The van der Waals surface area contributed by atoms with Crippen LogP contribution >= 0.6 is 0 Å². The van der Waals surface area contributed by atoms with E-state index in [-0.39, 0.29) is 6.61 Å². The molecule has 1 fully saturated rings. The maximum atomic E-state index is 9.47. The van der Waals surface area contributed by atoms with Gasteiger partial charge in [0.05, 0.1) is 6.61 Å². The second-order valence-corrected chi connectivity index (χ2v) is 5.15. The largest absolute Gasteiger partial charge is 0.392 e. The van der Waals surface area contributed by atoms with Gasteiger partial charge in [0, 0.05) is 24.3 Å². The predicted molar refractivity (Wildman–Crippen MR) is 72.3 cm³/mol. The third kappa shape index (κ3) is 2.81. The number of aryl methyl sites for hydroxylation is 1. The van der Waals surface area contributed by atoms with Gasteiger partial charge in [0.25, 0.3) is 0 Å². The van der Waals surface area contributed by atoms with Gasteiger partial charge in [0.1, 0.15) is 0 Å². The van der Waals surface area contributed by atoms with Crippen LogP contribution in [0.25, 0.3) is 0 Å². The highest BCUT2D eigenvalue weighted by molar-refractivity contribution is 5.55. The molecule has 1 aromatic rings. The summed E-state index contributed by atoms with van der Waals surface area (Å²) in [4.78, 5) is 2.45. The lowest BCUT2D eigenvalue weighted by Crippen LogP contribution is -2.35. The van der Waals surface area contributed by atoms with Gasteiger partial charge in [0.2, 0.25) is 0 Å². The first-order valence-electron chi connectivity index (χ1n) is 6.70. The van der Waals surface area contributed by atoms with E-state index in [0.29, 0.717) is 0 Å². The van der Waals surface area contributed by atoms with Crippen molar-refractivity contribution in [3.8, 4) is 0 Å². The lowest BCUT2D eigenvalue weighted by molar-refractivity contribution is 0.281. The highest BCUT2D eigenvalue weighted by Gasteiger charge is 2.20. The molecule has 1 aromatic carbocycles. The van der Waals surface area contributed by atoms with Crippen molar-refractivity contribution in [3.63, 3.8) is 0 Å². The second-order valence-electron chi connectivity index (χ2n) is 5.15. The van der Waals surface area contributed by atoms with Gasteiger partial charge >= 0.3 is 0 Å². The fourth-order valence-electron chi connectivity index (χ4n) is 2.77. The summed E-state index contributed by atoms with van der Waals surface area (Å²) in [5.41, 5.74) is 3.53. The summed E-state index contributed by atoms with van der Waals surface area (Å²) < 4.78 is 0. The molecule has 17 heavy (non-hydrogen) atoms. The van der Waals surface area contributed by atoms with Crippen LogP contribution in [0.15, 0.2) is 18.2 Å². The summed E-state index contributed by atoms with van der Waals surface area (Å²) in [6.07, 6.45) is 3.89. The Morgan fingerprint density at radius 1 is 1.41 bits per heavy atom. The number of hydrogen-bond acceptors (Lipinski definition) is 2. The number of aliphatic hydroxyl groups excluding tert-OH is 1. The van der Waals surface area contributed by atoms with Crippen LogP contribution in [0.1, 0.15) is 37.3 Å². The minimum absolute atomic E-state index is 0.143. The zero-order valence-corrected chi connectivity index (χ0v) is 10.9. The first-order chi connectivity index (χ1) is 8.24. The summed E-state index contributed by atoms with van der Waals surface area (Å²) in [5, 5.41) is 9.47. The Labute approximate surface area is 104 Å². The number of rotatable bonds is 3. The molecule has 1 aliphatic rings. The van der Waals surface area contributed by atoms with Crippen molar-refractivity contribution in [2.75, 3.05) is 18.0 Å². The molecule has 1 atom stereocenters. The van der Waals surface area contributed by atoms with Crippen molar-refractivity contribution in [1.29, 1.82) is 0 Å². The monoisotopic (exact) mass is 233 g/mol. The van der Waals surface area contributed by atoms with Crippen molar-refractivity contribution in [3.05, 3.63) is 29.3 Å². The number of hydrogen-bond donors (Lipinski definition) is 1. The predicted octanol–water partition coefficient (Wildman–Crippen LogP) is 3.11. The van der Waals surface area contributed by atoms with Gasteiger partial charge in [-0.15, -0.1) is 0 Å². The van der Waals surface area contributed by atoms with Crippen LogP contribution in [0.5, 0.6) is 0 Å². The van der Waals surface area contributed by atoms with Crippen molar-refractivity contribution in [2.24, 2.45) is 5.92 Å². The van der Waals surface area contributed by atoms with Gasteiger partial charge < -0.3 is 10.0 Å². The Kier molecular flexibility index (Phi) is 4.06. The highest BCUT2D eigenvalue weighted by Crippen LogP contribution is 2.28. The Morgan fingerprint density at radius 3 is 2.94 bits per heavy atom. The molecule has 0 bridgehead atoms. The average Bonchev–Trinajstić information content (AvgIpc) is 2.38. The van der Waals surface area contributed by atoms with E-state index in [9.17, 15) is 5.11 Å². The number of aliphatic hydroxyl groups is 1. The highest BCUT2D eigenvalue weighted by atomic mass is 16.3. The van der Waals surface area contributed by atoms with E-state index in [0.717, 1.165) is 24.6 Å². The second kappa shape index (κ2) is 5.54. The lowest BCUT2D eigenvalue weighted by atomic mass is 9.94. The molecule has 1 unspecified atom stereocenters. The number of anilines is 1. The van der Waals surface area contributed by atoms with Crippen LogP contribution in [0, 0.1) is 12.8 Å². The fourth-order valence-corrected chi connectivity index (χ4v) is 2.77. The topological polar surface area (TPSA) is 23.5 Å². The van der Waals surface area contributed by atoms with E-state index in [1.54, 1.807) is 0 Å². The van der Waals surface area contributed by atoms with Crippen LogP contribution in [-0.4, -0.2) is 18.2 Å². The third-order valence-corrected chi connectivity index (χ3v) is 3.84. The minimum atomic E-state index is 0.143. The maximum Gasteiger partial charge on any atom is 0.0702 e. The van der Waals surface area contributed by atoms with Crippen LogP contribution in [0.2, 0.25) is 0 Å². The molecule has 1 aliphatic heterocycles. The van der Waals surface area contributed by atoms with Crippen molar-refractivity contribution in [1.82, 2.24) is 0 Å². The minimum Gasteiger partial charge on any atom is -0.392 e. The number of nitrogens with zero attached hydrogens (tertiary/aromatic N) is 1. The van der Waals surface area contributed by atoms with Gasteiger partial charge in [-0.1, -0.05) is 31.0 Å². The first kappa shape index (κ1) is 12.4. The Hall–Kier alpha value is -1.02. The van der Waals surface area contributed by atoms with E-state index in [1.807, 2.05) is 0 Å². The Balaban J connectivity index is 2.20. The maximum absolute atomic E-state index is 9.47. The Bertz CT molecular complexity index is 375. The van der Waals surface area contributed by atoms with Crippen LogP contribution in [-0.2, 0) is 6.61 Å². The third-order valence-electron chi connectivity index (χ3n) is 3.84. The molecule has 1 heterocycles. The van der Waals surface area contributed by atoms with E-state index in [4.69, 9.17) is 0 Å². The molecule has 0 radical (unpaired) electrons. The molecule has 0 spiro atoms. The molecular formula is C15H23NO. The molecule has 0 aromatic heterocycles. The van der Waals surface area contributed by atoms with Crippen LogP contribution in [0.4, 0.5) is 5.69 Å². The zero-order valence-electron chi connectivity index (χ0n) is 10.9. The summed E-state index contributed by atoms with van der Waals surface area (Å²) in [7, 11) is 0. The van der Waals surface area contributed by atoms with Gasteiger partial charge in [-0.3, -0.25) is 0 Å². The van der Waals surface area contributed by atoms with Gasteiger partial charge in [0.15, 0.2) is 0 Å². The van der Waals surface area contributed by atoms with E-state index >= 15 is 0 Å². The summed E-state index contributed by atoms with van der Waals surface area (Å²) in [6, 6.07) is 6.41. The van der Waals surface area contributed by atoms with E-state index in [2.05, 4.69) is 36.9 Å². The van der Waals surface area contributed by atoms with Gasteiger partial charge in [-0.05, 0) is 31.7 Å². The zero-order chi connectivity index (χ0) is 12.3. The molecule has 0 aliphatic carbocycles. The van der Waals surface area contributed by atoms with Gasteiger partial charge in [-0.2, -0.15) is 0 Å². The van der Waals surface area contributed by atoms with Crippen LogP contribution in [0.3, 0.4) is 0 Å². The van der Waals surface area contributed by atoms with Crippen LogP contribution < -0.4 is 4.90 Å². The molecule has 1 saturated heterocycles. The molecule has 0 saturated carbocycles. The smallest absolute Gasteiger partial charge is 0.0702 e. The molecule has 94 valence electrons. The molecule has 1 N–H and O–H groups in total. The lowest BCUT2D eigenvalue weighted by Gasteiger charge is -2.35. The molecule has 0 amide bonds. The average molecular weight is 233 g/mol. The van der Waals surface area contributed by atoms with Crippen molar-refractivity contribution >= 4 is 5.69 Å². The first-order valence-corrected chi connectivity index (χ1v) is 6.70. The van der Waals surface area contributed by atoms with E-state index < -0.39 is 0 Å². The van der Waals surface area contributed by atoms with Crippen molar-refractivity contribution < 1.29 is 5.11 Å². The molecule has 2 nitrogen and oxygen atoms in total. The molecule has 2 heteroatoms. The SMILES string of the molecule is CCC1CCCN(c2ccc(C)cc2CO)C1. The van der Waals surface area contributed by atoms with Crippen molar-refractivity contribution in [2.45, 2.75) is 39.7 Å². The van der Waals surface area contributed by atoms with E-state index in [1.165, 1.54) is 30.5 Å². The van der Waals surface area contributed by atoms with Gasteiger partial charge in [-0.25, -0.2) is 0 Å². The quantitative estimate of drug-likeness (QED) is 0.867. The number of benzene rings is 1. The molecular weight excluding hydrogens is 210 g/mol. The number of piperidine rings is 1. The summed E-state index contributed by atoms with van der Waals surface area (Å²) >= 11 is 0. The standard InChI is InChI=1S/C15H23NO/c1-3-13-5-4-8-16(10-13)15-7-6-12(2)9-14(15)11-17/h6-7,9,13,17H,3-5,8,10-11H2,1-2H3. The normalized spacial score (nSPS) is 20.6. The Morgan fingerprint density at radius 2 is 2.24 bits per heavy atom. The summed E-state index contributed by atoms with van der Waals surface area (Å²) in [6.45, 7) is 6.77. The summed E-state index contributed by atoms with van der Waals surface area (Å²) in [5.74, 6) is 0.816.